The lowest BCUT2D eigenvalue weighted by Crippen LogP contribution is -2.44. The maximum absolute atomic E-state index is 13.0. The Morgan fingerprint density at radius 1 is 1.19 bits per heavy atom. The molecule has 1 aromatic carbocycles. The number of hydrogen-bond donors (Lipinski definition) is 1. The van der Waals surface area contributed by atoms with Gasteiger partial charge in [0.15, 0.2) is 5.13 Å². The lowest BCUT2D eigenvalue weighted by Gasteiger charge is -2.34. The average molecular weight is 437 g/mol. The van der Waals surface area contributed by atoms with Gasteiger partial charge in [0.05, 0.1) is 29.9 Å². The summed E-state index contributed by atoms with van der Waals surface area (Å²) in [6.45, 7) is 1.54. The van der Waals surface area contributed by atoms with Crippen LogP contribution in [0.1, 0.15) is 47.8 Å². The number of anilines is 1. The van der Waals surface area contributed by atoms with Crippen molar-refractivity contribution >= 4 is 39.2 Å². The van der Waals surface area contributed by atoms with E-state index in [-0.39, 0.29) is 23.8 Å². The van der Waals surface area contributed by atoms with Crippen LogP contribution in [-0.2, 0) is 9.53 Å². The molecule has 8 heteroatoms. The number of morpholine rings is 1. The Kier molecular flexibility index (Phi) is 5.65. The normalized spacial score (nSPS) is 19.6. The zero-order chi connectivity index (χ0) is 21.2. The molecule has 2 aliphatic rings. The summed E-state index contributed by atoms with van der Waals surface area (Å²) < 4.78 is 6.00. The van der Waals surface area contributed by atoms with Crippen LogP contribution in [0.4, 0.5) is 5.13 Å². The Morgan fingerprint density at radius 2 is 2.03 bits per heavy atom. The number of nitrogens with zero attached hydrogens (tertiary/aromatic N) is 3. The molecule has 1 aliphatic carbocycles. The van der Waals surface area contributed by atoms with Gasteiger partial charge in [-0.05, 0) is 25.0 Å². The number of para-hydroxylation sites is 1. The molecule has 160 valence electrons. The third-order valence-corrected chi connectivity index (χ3v) is 6.73. The molecule has 7 nitrogen and oxygen atoms in total. The highest BCUT2D eigenvalue weighted by atomic mass is 32.1. The lowest BCUT2D eigenvalue weighted by molar-refractivity contribution is -0.143. The number of pyridine rings is 1. The van der Waals surface area contributed by atoms with Crippen LogP contribution >= 0.6 is 11.3 Å². The molecule has 2 amide bonds. The molecule has 2 fully saturated rings. The summed E-state index contributed by atoms with van der Waals surface area (Å²) in [6.07, 6.45) is 5.53. The van der Waals surface area contributed by atoms with E-state index in [9.17, 15) is 9.59 Å². The fourth-order valence-corrected chi connectivity index (χ4v) is 4.98. The first-order chi connectivity index (χ1) is 15.2. The summed E-state index contributed by atoms with van der Waals surface area (Å²) in [4.78, 5) is 36.8. The van der Waals surface area contributed by atoms with E-state index < -0.39 is 0 Å². The van der Waals surface area contributed by atoms with Crippen LogP contribution in [0.25, 0.3) is 10.9 Å². The topological polar surface area (TPSA) is 84.4 Å². The minimum Gasteiger partial charge on any atom is -0.368 e. The zero-order valence-corrected chi connectivity index (χ0v) is 17.9. The van der Waals surface area contributed by atoms with Crippen molar-refractivity contribution in [1.82, 2.24) is 14.9 Å². The first kappa shape index (κ1) is 20.1. The summed E-state index contributed by atoms with van der Waals surface area (Å²) in [7, 11) is 0. The fourth-order valence-electron chi connectivity index (χ4n) is 4.46. The van der Waals surface area contributed by atoms with Gasteiger partial charge in [0.25, 0.3) is 5.91 Å². The Morgan fingerprint density at radius 3 is 2.84 bits per heavy atom. The molecule has 1 saturated heterocycles. The molecule has 0 unspecified atom stereocenters. The SMILES string of the molecule is O=C(Nc1nccs1)c1cc([C@@H]2CN(C(=O)C3CCCC3)CCO2)nc2ccccc12. The molecule has 1 saturated carbocycles. The molecule has 1 N–H and O–H groups in total. The number of nitrogens with one attached hydrogen (secondary N) is 1. The molecule has 31 heavy (non-hydrogen) atoms. The maximum atomic E-state index is 13.0. The highest BCUT2D eigenvalue weighted by molar-refractivity contribution is 7.13. The predicted octanol–water partition coefficient (Wildman–Crippen LogP) is 4.03. The van der Waals surface area contributed by atoms with Crippen LogP contribution in [0.15, 0.2) is 41.9 Å². The zero-order valence-electron chi connectivity index (χ0n) is 17.1. The van der Waals surface area contributed by atoms with E-state index in [1.807, 2.05) is 34.5 Å². The number of aromatic nitrogens is 2. The van der Waals surface area contributed by atoms with E-state index in [0.29, 0.717) is 36.1 Å². The minimum atomic E-state index is -0.352. The Bertz CT molecular complexity index is 1100. The Hall–Kier alpha value is -2.84. The number of amides is 2. The van der Waals surface area contributed by atoms with Crippen molar-refractivity contribution in [3.8, 4) is 0 Å². The van der Waals surface area contributed by atoms with Gasteiger partial charge in [0, 0.05) is 29.4 Å². The fraction of sp³-hybridized carbons (Fsp3) is 0.391. The molecule has 0 spiro atoms. The van der Waals surface area contributed by atoms with Gasteiger partial charge in [0.2, 0.25) is 5.91 Å². The second kappa shape index (κ2) is 8.72. The van der Waals surface area contributed by atoms with E-state index in [1.54, 1.807) is 12.3 Å². The second-order valence-corrected chi connectivity index (χ2v) is 8.92. The van der Waals surface area contributed by atoms with Crippen LogP contribution in [0.3, 0.4) is 0 Å². The van der Waals surface area contributed by atoms with Gasteiger partial charge < -0.3 is 9.64 Å². The standard InChI is InChI=1S/C23H24N4O3S/c28-21(26-23-24-9-12-31-23)17-13-19(25-18-8-4-3-7-16(17)18)20-14-27(10-11-30-20)22(29)15-5-1-2-6-15/h3-4,7-9,12-13,15,20H,1-2,5-6,10-11,14H2,(H,24,26,28)/t20-/m0/s1. The molecular weight excluding hydrogens is 412 g/mol. The van der Waals surface area contributed by atoms with Crippen molar-refractivity contribution < 1.29 is 14.3 Å². The van der Waals surface area contributed by atoms with E-state index in [0.717, 1.165) is 36.6 Å². The second-order valence-electron chi connectivity index (χ2n) is 8.03. The van der Waals surface area contributed by atoms with E-state index in [2.05, 4.69) is 10.3 Å². The molecule has 1 atom stereocenters. The largest absolute Gasteiger partial charge is 0.368 e. The molecule has 2 aromatic heterocycles. The van der Waals surface area contributed by atoms with Crippen molar-refractivity contribution in [2.75, 3.05) is 25.0 Å². The maximum Gasteiger partial charge on any atom is 0.258 e. The molecular formula is C23H24N4O3S. The first-order valence-corrected chi connectivity index (χ1v) is 11.6. The Labute approximate surface area is 184 Å². The molecule has 5 rings (SSSR count). The molecule has 0 radical (unpaired) electrons. The lowest BCUT2D eigenvalue weighted by atomic mass is 10.0. The molecule has 3 heterocycles. The van der Waals surface area contributed by atoms with E-state index in [4.69, 9.17) is 9.72 Å². The molecule has 1 aliphatic heterocycles. The van der Waals surface area contributed by atoms with E-state index >= 15 is 0 Å². The van der Waals surface area contributed by atoms with Gasteiger partial charge >= 0.3 is 0 Å². The summed E-state index contributed by atoms with van der Waals surface area (Å²) in [6, 6.07) is 9.37. The highest BCUT2D eigenvalue weighted by Crippen LogP contribution is 2.30. The third kappa shape index (κ3) is 4.18. The monoisotopic (exact) mass is 436 g/mol. The van der Waals surface area contributed by atoms with Gasteiger partial charge in [-0.1, -0.05) is 31.0 Å². The van der Waals surface area contributed by atoms with Crippen molar-refractivity contribution in [3.63, 3.8) is 0 Å². The van der Waals surface area contributed by atoms with Gasteiger partial charge in [-0.15, -0.1) is 11.3 Å². The highest BCUT2D eigenvalue weighted by Gasteiger charge is 2.32. The summed E-state index contributed by atoms with van der Waals surface area (Å²) in [5.41, 5.74) is 1.93. The number of ether oxygens (including phenoxy) is 1. The summed E-state index contributed by atoms with van der Waals surface area (Å²) in [5.74, 6) is 0.140. The smallest absolute Gasteiger partial charge is 0.258 e. The minimum absolute atomic E-state index is 0.142. The number of fused-ring (bicyclic) bond motifs is 1. The third-order valence-electron chi connectivity index (χ3n) is 6.05. The van der Waals surface area contributed by atoms with Crippen LogP contribution in [-0.4, -0.2) is 46.4 Å². The number of carbonyl (C=O) groups excluding carboxylic acids is 2. The number of benzene rings is 1. The van der Waals surface area contributed by atoms with Gasteiger partial charge in [-0.3, -0.25) is 14.9 Å². The van der Waals surface area contributed by atoms with Crippen molar-refractivity contribution in [2.45, 2.75) is 31.8 Å². The van der Waals surface area contributed by atoms with Gasteiger partial charge in [0.1, 0.15) is 6.10 Å². The quantitative estimate of drug-likeness (QED) is 0.667. The van der Waals surface area contributed by atoms with E-state index in [1.165, 1.54) is 11.3 Å². The van der Waals surface area contributed by atoms with Crippen molar-refractivity contribution in [1.29, 1.82) is 0 Å². The number of hydrogen-bond acceptors (Lipinski definition) is 6. The average Bonchev–Trinajstić information content (AvgIpc) is 3.52. The first-order valence-electron chi connectivity index (χ1n) is 10.7. The molecule has 0 bridgehead atoms. The number of carbonyl (C=O) groups is 2. The van der Waals surface area contributed by atoms with Crippen LogP contribution in [0.5, 0.6) is 0 Å². The van der Waals surface area contributed by atoms with Gasteiger partial charge in [-0.25, -0.2) is 9.97 Å². The number of rotatable bonds is 4. The van der Waals surface area contributed by atoms with Gasteiger partial charge in [-0.2, -0.15) is 0 Å². The van der Waals surface area contributed by atoms with Crippen molar-refractivity contribution in [3.05, 3.63) is 53.2 Å². The predicted molar refractivity (Wildman–Crippen MR) is 119 cm³/mol. The van der Waals surface area contributed by atoms with Crippen LogP contribution in [0.2, 0.25) is 0 Å². The molecule has 3 aromatic rings. The van der Waals surface area contributed by atoms with Crippen molar-refractivity contribution in [2.24, 2.45) is 5.92 Å². The number of thiazole rings is 1. The summed E-state index contributed by atoms with van der Waals surface area (Å²) in [5, 5.41) is 6.00. The summed E-state index contributed by atoms with van der Waals surface area (Å²) >= 11 is 1.37. The van der Waals surface area contributed by atoms with Crippen LogP contribution in [0, 0.1) is 5.92 Å². The van der Waals surface area contributed by atoms with Crippen LogP contribution < -0.4 is 5.32 Å². The Balaban J connectivity index is 1.44.